The maximum Gasteiger partial charge on any atom is 0.121 e. The summed E-state index contributed by atoms with van der Waals surface area (Å²) in [6.45, 7) is 6.99. The van der Waals surface area contributed by atoms with Crippen LogP contribution >= 0.6 is 0 Å². The molecule has 1 aliphatic carbocycles. The first-order valence-corrected chi connectivity index (χ1v) is 5.06. The lowest BCUT2D eigenvalue weighted by atomic mass is 10.1. The molecule has 1 heteroatoms. The van der Waals surface area contributed by atoms with Gasteiger partial charge in [-0.1, -0.05) is 32.1 Å². The van der Waals surface area contributed by atoms with Gasteiger partial charge in [-0.05, 0) is 24.5 Å². The molecule has 2 rings (SSSR count). The van der Waals surface area contributed by atoms with Crippen LogP contribution in [0.15, 0.2) is 35.1 Å². The van der Waals surface area contributed by atoms with Crippen molar-refractivity contribution in [1.29, 1.82) is 0 Å². The third kappa shape index (κ3) is 2.24. The van der Waals surface area contributed by atoms with Crippen LogP contribution in [0.3, 0.4) is 0 Å². The third-order valence-corrected chi connectivity index (χ3v) is 2.18. The minimum atomic E-state index is 0.879. The molecule has 0 aromatic heterocycles. The molecule has 1 heterocycles. The average molecular weight is 178 g/mol. The van der Waals surface area contributed by atoms with Gasteiger partial charge in [0.1, 0.15) is 5.76 Å². The van der Waals surface area contributed by atoms with Crippen molar-refractivity contribution in [2.24, 2.45) is 0 Å². The van der Waals surface area contributed by atoms with Crippen LogP contribution in [0.1, 0.15) is 33.6 Å². The van der Waals surface area contributed by atoms with Crippen LogP contribution in [-0.4, -0.2) is 6.61 Å². The largest absolute Gasteiger partial charge is 0.493 e. The summed E-state index contributed by atoms with van der Waals surface area (Å²) in [5.41, 5.74) is 2.73. The van der Waals surface area contributed by atoms with Gasteiger partial charge >= 0.3 is 0 Å². The van der Waals surface area contributed by atoms with E-state index in [0.717, 1.165) is 25.2 Å². The first kappa shape index (κ1) is 10.1. The molecule has 0 unspecified atom stereocenters. The highest BCUT2D eigenvalue weighted by atomic mass is 16.5. The van der Waals surface area contributed by atoms with Gasteiger partial charge in [-0.15, -0.1) is 0 Å². The molecule has 0 fully saturated rings. The highest BCUT2D eigenvalue weighted by Gasteiger charge is 2.16. The van der Waals surface area contributed by atoms with Crippen LogP contribution < -0.4 is 0 Å². The van der Waals surface area contributed by atoms with E-state index in [1.54, 1.807) is 0 Å². The monoisotopic (exact) mass is 178 g/mol. The molecule has 0 radical (unpaired) electrons. The number of hydrogen-bond donors (Lipinski definition) is 0. The van der Waals surface area contributed by atoms with E-state index in [1.165, 1.54) is 11.1 Å². The van der Waals surface area contributed by atoms with Gasteiger partial charge in [0.25, 0.3) is 0 Å². The van der Waals surface area contributed by atoms with E-state index in [2.05, 4.69) is 25.2 Å². The fourth-order valence-corrected chi connectivity index (χ4v) is 1.58. The number of rotatable bonds is 0. The topological polar surface area (TPSA) is 9.23 Å². The Morgan fingerprint density at radius 2 is 2.08 bits per heavy atom. The molecule has 0 aromatic rings. The smallest absolute Gasteiger partial charge is 0.121 e. The number of ether oxygens (including phenoxy) is 1. The van der Waals surface area contributed by atoms with Crippen molar-refractivity contribution in [1.82, 2.24) is 0 Å². The summed E-state index contributed by atoms with van der Waals surface area (Å²) in [4.78, 5) is 0. The zero-order chi connectivity index (χ0) is 9.68. The second kappa shape index (κ2) is 4.90. The van der Waals surface area contributed by atoms with Crippen molar-refractivity contribution in [3.63, 3.8) is 0 Å². The predicted octanol–water partition coefficient (Wildman–Crippen LogP) is 3.59. The van der Waals surface area contributed by atoms with Crippen molar-refractivity contribution < 1.29 is 4.74 Å². The lowest BCUT2D eigenvalue weighted by molar-refractivity contribution is 0.252. The fraction of sp³-hybridized carbons (Fsp3) is 0.500. The molecule has 2 aliphatic rings. The second-order valence-electron chi connectivity index (χ2n) is 3.01. The van der Waals surface area contributed by atoms with Crippen molar-refractivity contribution in [3.05, 3.63) is 35.1 Å². The maximum absolute atomic E-state index is 5.52. The van der Waals surface area contributed by atoms with Crippen molar-refractivity contribution in [2.75, 3.05) is 6.61 Å². The van der Waals surface area contributed by atoms with Gasteiger partial charge in [0, 0.05) is 6.42 Å². The standard InChI is InChI=1S/C10H12O.C2H6/c1-8-4-2-3-5-9-6-7-11-10(8)9;1-2/h2-4H,5-7H2,1H3;1-2H3. The molecular weight excluding hydrogens is 160 g/mol. The van der Waals surface area contributed by atoms with Crippen molar-refractivity contribution in [2.45, 2.75) is 33.6 Å². The number of hydrogen-bond acceptors (Lipinski definition) is 1. The van der Waals surface area contributed by atoms with Gasteiger partial charge in [-0.25, -0.2) is 0 Å². The zero-order valence-electron chi connectivity index (χ0n) is 8.76. The molecule has 0 spiro atoms. The maximum atomic E-state index is 5.52. The molecule has 0 atom stereocenters. The van der Waals surface area contributed by atoms with E-state index < -0.39 is 0 Å². The molecule has 1 aliphatic heterocycles. The molecule has 0 saturated carbocycles. The molecule has 0 saturated heterocycles. The summed E-state index contributed by atoms with van der Waals surface area (Å²) in [6, 6.07) is 0. The average Bonchev–Trinajstić information content (AvgIpc) is 2.57. The quantitative estimate of drug-likeness (QED) is 0.550. The van der Waals surface area contributed by atoms with Gasteiger partial charge in [0.15, 0.2) is 0 Å². The van der Waals surface area contributed by atoms with Crippen LogP contribution in [0.25, 0.3) is 0 Å². The molecular formula is C12H18O. The summed E-state index contributed by atoms with van der Waals surface area (Å²) < 4.78 is 5.52. The minimum absolute atomic E-state index is 0.879. The third-order valence-electron chi connectivity index (χ3n) is 2.18. The minimum Gasteiger partial charge on any atom is -0.493 e. The van der Waals surface area contributed by atoms with Crippen molar-refractivity contribution >= 4 is 0 Å². The molecule has 1 nitrogen and oxygen atoms in total. The Bertz CT molecular complexity index is 256. The normalized spacial score (nSPS) is 19.5. The molecule has 0 N–H and O–H groups in total. The summed E-state index contributed by atoms with van der Waals surface area (Å²) in [7, 11) is 0. The molecule has 0 bridgehead atoms. The Hall–Kier alpha value is -0.980. The van der Waals surface area contributed by atoms with E-state index in [4.69, 9.17) is 4.74 Å². The molecule has 72 valence electrons. The van der Waals surface area contributed by atoms with E-state index >= 15 is 0 Å². The Morgan fingerprint density at radius 1 is 1.31 bits per heavy atom. The van der Waals surface area contributed by atoms with Gasteiger partial charge in [-0.3, -0.25) is 0 Å². The second-order valence-corrected chi connectivity index (χ2v) is 3.01. The summed E-state index contributed by atoms with van der Waals surface area (Å²) in [6.07, 6.45) is 8.61. The predicted molar refractivity (Wildman–Crippen MR) is 56.5 cm³/mol. The summed E-state index contributed by atoms with van der Waals surface area (Å²) in [5.74, 6) is 1.15. The van der Waals surface area contributed by atoms with E-state index in [-0.39, 0.29) is 0 Å². The Balaban J connectivity index is 0.000000396. The zero-order valence-corrected chi connectivity index (χ0v) is 8.76. The van der Waals surface area contributed by atoms with Crippen LogP contribution in [0, 0.1) is 0 Å². The highest BCUT2D eigenvalue weighted by Crippen LogP contribution is 2.29. The van der Waals surface area contributed by atoms with Crippen LogP contribution in [0.5, 0.6) is 0 Å². The van der Waals surface area contributed by atoms with E-state index in [1.807, 2.05) is 13.8 Å². The lowest BCUT2D eigenvalue weighted by Gasteiger charge is -2.02. The van der Waals surface area contributed by atoms with Crippen LogP contribution in [-0.2, 0) is 4.74 Å². The Kier molecular flexibility index (Phi) is 3.81. The van der Waals surface area contributed by atoms with Gasteiger partial charge in [0.05, 0.1) is 6.61 Å². The molecule has 0 aromatic carbocycles. The van der Waals surface area contributed by atoms with Crippen molar-refractivity contribution in [3.8, 4) is 0 Å². The fourth-order valence-electron chi connectivity index (χ4n) is 1.58. The Morgan fingerprint density at radius 3 is 2.85 bits per heavy atom. The molecule has 13 heavy (non-hydrogen) atoms. The lowest BCUT2D eigenvalue weighted by Crippen LogP contribution is -1.86. The van der Waals surface area contributed by atoms with Gasteiger partial charge in [0.2, 0.25) is 0 Å². The number of allylic oxidation sites excluding steroid dienone is 4. The van der Waals surface area contributed by atoms with Crippen LogP contribution in [0.4, 0.5) is 0 Å². The van der Waals surface area contributed by atoms with E-state index in [0.29, 0.717) is 0 Å². The summed E-state index contributed by atoms with van der Waals surface area (Å²) >= 11 is 0. The van der Waals surface area contributed by atoms with Gasteiger partial charge in [-0.2, -0.15) is 0 Å². The first-order chi connectivity index (χ1) is 6.38. The van der Waals surface area contributed by atoms with E-state index in [9.17, 15) is 0 Å². The molecule has 0 amide bonds. The summed E-state index contributed by atoms with van der Waals surface area (Å²) in [5, 5.41) is 0. The SMILES string of the molecule is CC.CC1=CC=CCC2=C1OCC2. The highest BCUT2D eigenvalue weighted by molar-refractivity contribution is 5.37. The Labute approximate surface area is 80.8 Å². The van der Waals surface area contributed by atoms with Crippen LogP contribution in [0.2, 0.25) is 0 Å². The van der Waals surface area contributed by atoms with Gasteiger partial charge < -0.3 is 4.74 Å². The first-order valence-electron chi connectivity index (χ1n) is 5.06.